The molecule has 1 aromatic heterocycles. The minimum absolute atomic E-state index is 0.0112. The van der Waals surface area contributed by atoms with Gasteiger partial charge >= 0.3 is 0 Å². The number of fused-ring (bicyclic) bond motifs is 1. The number of pyridine rings is 1. The number of para-hydroxylation sites is 1. The Balaban J connectivity index is 2.66. The number of hydrazine groups is 1. The fourth-order valence-corrected chi connectivity index (χ4v) is 1.40. The number of H-pyrrole nitrogens is 1. The maximum atomic E-state index is 11.6. The second kappa shape index (κ2) is 3.51. The van der Waals surface area contributed by atoms with Crippen LogP contribution in [0.15, 0.2) is 35.1 Å². The van der Waals surface area contributed by atoms with Crippen molar-refractivity contribution in [2.45, 2.75) is 0 Å². The van der Waals surface area contributed by atoms with Crippen LogP contribution < -0.4 is 16.3 Å². The highest BCUT2D eigenvalue weighted by atomic mass is 16.1. The van der Waals surface area contributed by atoms with Crippen LogP contribution in [0.4, 0.5) is 5.82 Å². The highest BCUT2D eigenvalue weighted by Crippen LogP contribution is 2.08. The molecule has 1 aromatic carbocycles. The minimum Gasteiger partial charge on any atom is -0.340 e. The predicted octanol–water partition coefficient (Wildman–Crippen LogP) is 1.07. The smallest absolute Gasteiger partial charge is 0.191 e. The molecule has 14 heavy (non-hydrogen) atoms. The molecule has 2 aromatic rings. The first-order chi connectivity index (χ1) is 6.81. The molecule has 0 aliphatic heterocycles. The van der Waals surface area contributed by atoms with Gasteiger partial charge in [0.15, 0.2) is 5.43 Å². The van der Waals surface area contributed by atoms with Gasteiger partial charge in [-0.25, -0.2) is 5.43 Å². The van der Waals surface area contributed by atoms with E-state index in [1.54, 1.807) is 13.1 Å². The number of aromatic nitrogens is 1. The highest BCUT2D eigenvalue weighted by molar-refractivity contribution is 5.79. The van der Waals surface area contributed by atoms with Crippen molar-refractivity contribution in [1.29, 1.82) is 0 Å². The molecule has 0 unspecified atom stereocenters. The van der Waals surface area contributed by atoms with Crippen LogP contribution in [-0.2, 0) is 0 Å². The van der Waals surface area contributed by atoms with Crippen LogP contribution >= 0.6 is 0 Å². The van der Waals surface area contributed by atoms with Crippen molar-refractivity contribution in [3.8, 4) is 0 Å². The van der Waals surface area contributed by atoms with E-state index in [4.69, 9.17) is 0 Å². The molecule has 0 saturated carbocycles. The number of benzene rings is 1. The number of anilines is 1. The van der Waals surface area contributed by atoms with Gasteiger partial charge in [-0.05, 0) is 12.1 Å². The Bertz CT molecular complexity index is 504. The van der Waals surface area contributed by atoms with Gasteiger partial charge in [-0.1, -0.05) is 12.1 Å². The molecular weight excluding hydrogens is 178 g/mol. The van der Waals surface area contributed by atoms with Crippen LogP contribution in [0.1, 0.15) is 0 Å². The van der Waals surface area contributed by atoms with E-state index < -0.39 is 0 Å². The summed E-state index contributed by atoms with van der Waals surface area (Å²) in [6.07, 6.45) is 0. The molecule has 0 aliphatic carbocycles. The molecule has 0 radical (unpaired) electrons. The third-order valence-electron chi connectivity index (χ3n) is 2.00. The van der Waals surface area contributed by atoms with E-state index in [9.17, 15) is 4.79 Å². The van der Waals surface area contributed by atoms with Crippen molar-refractivity contribution in [2.24, 2.45) is 0 Å². The van der Waals surface area contributed by atoms with Gasteiger partial charge in [0.1, 0.15) is 5.82 Å². The van der Waals surface area contributed by atoms with E-state index in [0.717, 1.165) is 5.52 Å². The minimum atomic E-state index is 0.0112. The molecule has 0 bridgehead atoms. The lowest BCUT2D eigenvalue weighted by atomic mass is 10.2. The van der Waals surface area contributed by atoms with E-state index in [0.29, 0.717) is 11.2 Å². The Morgan fingerprint density at radius 1 is 1.29 bits per heavy atom. The molecule has 3 N–H and O–H groups in total. The van der Waals surface area contributed by atoms with Crippen molar-refractivity contribution in [3.05, 3.63) is 40.6 Å². The molecule has 0 fully saturated rings. The van der Waals surface area contributed by atoms with Crippen molar-refractivity contribution >= 4 is 16.7 Å². The Morgan fingerprint density at radius 2 is 2.07 bits per heavy atom. The lowest BCUT2D eigenvalue weighted by molar-refractivity contribution is 0.968. The maximum absolute atomic E-state index is 11.6. The van der Waals surface area contributed by atoms with Crippen molar-refractivity contribution < 1.29 is 0 Å². The van der Waals surface area contributed by atoms with E-state index in [1.807, 2.05) is 18.2 Å². The predicted molar refractivity (Wildman–Crippen MR) is 57.3 cm³/mol. The quantitative estimate of drug-likeness (QED) is 0.619. The average molecular weight is 189 g/mol. The second-order valence-corrected chi connectivity index (χ2v) is 2.97. The van der Waals surface area contributed by atoms with Gasteiger partial charge in [-0.15, -0.1) is 0 Å². The summed E-state index contributed by atoms with van der Waals surface area (Å²) >= 11 is 0. The van der Waals surface area contributed by atoms with Crippen LogP contribution in [0.2, 0.25) is 0 Å². The summed E-state index contributed by atoms with van der Waals surface area (Å²) in [7, 11) is 1.74. The Kier molecular flexibility index (Phi) is 2.20. The van der Waals surface area contributed by atoms with Gasteiger partial charge in [0.25, 0.3) is 0 Å². The van der Waals surface area contributed by atoms with Crippen molar-refractivity contribution in [2.75, 3.05) is 12.5 Å². The molecule has 0 amide bonds. The van der Waals surface area contributed by atoms with Crippen LogP contribution in [0.3, 0.4) is 0 Å². The Morgan fingerprint density at radius 3 is 2.86 bits per heavy atom. The fourth-order valence-electron chi connectivity index (χ4n) is 1.40. The van der Waals surface area contributed by atoms with E-state index in [2.05, 4.69) is 15.8 Å². The molecule has 2 rings (SSSR count). The third-order valence-corrected chi connectivity index (χ3v) is 2.00. The number of hydrogen-bond donors (Lipinski definition) is 3. The molecule has 4 nitrogen and oxygen atoms in total. The molecule has 1 heterocycles. The first kappa shape index (κ1) is 8.77. The molecular formula is C10H11N3O. The summed E-state index contributed by atoms with van der Waals surface area (Å²) in [5.74, 6) is 0.663. The van der Waals surface area contributed by atoms with Crippen LogP contribution in [0, 0.1) is 0 Å². The largest absolute Gasteiger partial charge is 0.340 e. The van der Waals surface area contributed by atoms with Gasteiger partial charge in [0.2, 0.25) is 0 Å². The maximum Gasteiger partial charge on any atom is 0.191 e. The molecule has 0 spiro atoms. The van der Waals surface area contributed by atoms with Gasteiger partial charge in [-0.3, -0.25) is 4.79 Å². The van der Waals surface area contributed by atoms with Crippen LogP contribution in [0.5, 0.6) is 0 Å². The number of hydrogen-bond acceptors (Lipinski definition) is 3. The zero-order chi connectivity index (χ0) is 9.97. The van der Waals surface area contributed by atoms with E-state index >= 15 is 0 Å². The topological polar surface area (TPSA) is 56.9 Å². The molecule has 4 heteroatoms. The zero-order valence-electron chi connectivity index (χ0n) is 7.79. The summed E-state index contributed by atoms with van der Waals surface area (Å²) < 4.78 is 0. The van der Waals surface area contributed by atoms with Crippen molar-refractivity contribution in [3.63, 3.8) is 0 Å². The molecule has 72 valence electrons. The first-order valence-electron chi connectivity index (χ1n) is 4.36. The molecule has 0 saturated heterocycles. The highest BCUT2D eigenvalue weighted by Gasteiger charge is 1.99. The summed E-state index contributed by atoms with van der Waals surface area (Å²) in [5, 5.41) is 0.703. The summed E-state index contributed by atoms with van der Waals surface area (Å²) in [6, 6.07) is 8.94. The van der Waals surface area contributed by atoms with Gasteiger partial charge in [0.05, 0.1) is 5.52 Å². The van der Waals surface area contributed by atoms with Crippen molar-refractivity contribution in [1.82, 2.24) is 10.4 Å². The molecule has 0 atom stereocenters. The van der Waals surface area contributed by atoms with Gasteiger partial charge in [0, 0.05) is 18.5 Å². The summed E-state index contributed by atoms with van der Waals surface area (Å²) in [4.78, 5) is 14.7. The number of rotatable bonds is 2. The average Bonchev–Trinajstić information content (AvgIpc) is 2.18. The summed E-state index contributed by atoms with van der Waals surface area (Å²) in [5.41, 5.74) is 6.43. The second-order valence-electron chi connectivity index (χ2n) is 2.97. The van der Waals surface area contributed by atoms with Crippen LogP contribution in [0.25, 0.3) is 10.9 Å². The third kappa shape index (κ3) is 1.47. The number of aromatic amines is 1. The SMILES string of the molecule is CNNc1cc(=O)c2ccccc2[nH]1. The fraction of sp³-hybridized carbons (Fsp3) is 0.100. The zero-order valence-corrected chi connectivity index (χ0v) is 7.79. The Hall–Kier alpha value is -1.81. The monoisotopic (exact) mass is 189 g/mol. The lowest BCUT2D eigenvalue weighted by Gasteiger charge is -2.05. The number of nitrogens with one attached hydrogen (secondary N) is 3. The van der Waals surface area contributed by atoms with E-state index in [-0.39, 0.29) is 5.43 Å². The normalized spacial score (nSPS) is 10.4. The Labute approximate surface area is 80.9 Å². The first-order valence-corrected chi connectivity index (χ1v) is 4.36. The van der Waals surface area contributed by atoms with Crippen LogP contribution in [-0.4, -0.2) is 12.0 Å². The molecule has 0 aliphatic rings. The van der Waals surface area contributed by atoms with E-state index in [1.165, 1.54) is 6.07 Å². The van der Waals surface area contributed by atoms with Gasteiger partial charge < -0.3 is 10.4 Å². The summed E-state index contributed by atoms with van der Waals surface area (Å²) in [6.45, 7) is 0. The standard InChI is InChI=1S/C10H11N3O/c1-11-13-10-6-9(14)7-4-2-3-5-8(7)12-10/h2-6,11H,1H3,(H2,12,13,14). The van der Waals surface area contributed by atoms with Gasteiger partial charge in [-0.2, -0.15) is 0 Å². The lowest BCUT2D eigenvalue weighted by Crippen LogP contribution is -2.18.